The third-order valence-electron chi connectivity index (χ3n) is 4.62. The van der Waals surface area contributed by atoms with Crippen LogP contribution >= 0.6 is 0 Å². The molecule has 1 aromatic heterocycles. The highest BCUT2D eigenvalue weighted by molar-refractivity contribution is 7.89. The summed E-state index contributed by atoms with van der Waals surface area (Å²) in [6.45, 7) is 8.12. The van der Waals surface area contributed by atoms with Crippen LogP contribution in [0.2, 0.25) is 0 Å². The Kier molecular flexibility index (Phi) is 4.80. The number of fused-ring (bicyclic) bond motifs is 1. The van der Waals surface area contributed by atoms with Crippen molar-refractivity contribution in [1.82, 2.24) is 14.1 Å². The highest BCUT2D eigenvalue weighted by atomic mass is 32.2. The second-order valence-electron chi connectivity index (χ2n) is 6.84. The van der Waals surface area contributed by atoms with Gasteiger partial charge in [-0.05, 0) is 39.5 Å². The van der Waals surface area contributed by atoms with Gasteiger partial charge < -0.3 is 4.74 Å². The quantitative estimate of drug-likeness (QED) is 0.760. The van der Waals surface area contributed by atoms with Crippen molar-refractivity contribution in [2.75, 3.05) is 12.3 Å². The summed E-state index contributed by atoms with van der Waals surface area (Å²) in [7, 11) is -3.16. The maximum atomic E-state index is 12.2. The van der Waals surface area contributed by atoms with Crippen molar-refractivity contribution in [3.05, 3.63) is 17.0 Å². The van der Waals surface area contributed by atoms with Crippen molar-refractivity contribution >= 4 is 10.0 Å². The molecule has 2 heterocycles. The van der Waals surface area contributed by atoms with Gasteiger partial charge in [0.25, 0.3) is 0 Å². The molecule has 0 spiro atoms. The van der Waals surface area contributed by atoms with Gasteiger partial charge in [-0.15, -0.1) is 0 Å². The molecule has 3 rings (SSSR count). The van der Waals surface area contributed by atoms with Crippen LogP contribution in [0.15, 0.2) is 0 Å². The molecule has 130 valence electrons. The lowest BCUT2D eigenvalue weighted by atomic mass is 10.1. The van der Waals surface area contributed by atoms with Crippen LogP contribution in [0.4, 0.5) is 0 Å². The third-order valence-corrected chi connectivity index (χ3v) is 6.45. The second kappa shape index (κ2) is 6.53. The van der Waals surface area contributed by atoms with Gasteiger partial charge in [0.15, 0.2) is 0 Å². The van der Waals surface area contributed by atoms with E-state index in [1.807, 2.05) is 13.8 Å². The van der Waals surface area contributed by atoms with E-state index in [9.17, 15) is 8.42 Å². The lowest BCUT2D eigenvalue weighted by Gasteiger charge is -2.26. The van der Waals surface area contributed by atoms with Gasteiger partial charge in [0.2, 0.25) is 10.0 Å². The first-order chi connectivity index (χ1) is 10.9. The molecule has 0 radical (unpaired) electrons. The zero-order valence-electron chi connectivity index (χ0n) is 14.3. The summed E-state index contributed by atoms with van der Waals surface area (Å²) in [6.07, 6.45) is 3.44. The summed E-state index contributed by atoms with van der Waals surface area (Å²) in [4.78, 5) is 0. The van der Waals surface area contributed by atoms with E-state index in [-0.39, 0.29) is 11.9 Å². The molecule has 6 nitrogen and oxygen atoms in total. The largest absolute Gasteiger partial charge is 0.372 e. The highest BCUT2D eigenvalue weighted by Crippen LogP contribution is 2.33. The summed E-state index contributed by atoms with van der Waals surface area (Å²) < 4.78 is 33.8. The minimum atomic E-state index is -3.16. The molecule has 23 heavy (non-hydrogen) atoms. The fourth-order valence-corrected chi connectivity index (χ4v) is 4.08. The maximum absolute atomic E-state index is 12.2. The Bertz CT molecular complexity index is 662. The predicted octanol–water partition coefficient (Wildman–Crippen LogP) is 1.93. The van der Waals surface area contributed by atoms with E-state index in [4.69, 9.17) is 9.84 Å². The smallest absolute Gasteiger partial charge is 0.214 e. The molecule has 0 N–H and O–H groups in total. The van der Waals surface area contributed by atoms with Crippen molar-refractivity contribution in [3.63, 3.8) is 0 Å². The van der Waals surface area contributed by atoms with Crippen molar-refractivity contribution in [2.45, 2.75) is 65.8 Å². The van der Waals surface area contributed by atoms with Crippen molar-refractivity contribution in [1.29, 1.82) is 0 Å². The van der Waals surface area contributed by atoms with Gasteiger partial charge in [0.1, 0.15) is 0 Å². The van der Waals surface area contributed by atoms with Crippen LogP contribution in [0.3, 0.4) is 0 Å². The average Bonchev–Trinajstić information content (AvgIpc) is 3.27. The van der Waals surface area contributed by atoms with E-state index in [0.29, 0.717) is 19.7 Å². The SMILES string of the molecule is CCS(=O)(=O)N1CCc2c(c(COC(C)C)nn2CC2CC2)C1. The Labute approximate surface area is 138 Å². The van der Waals surface area contributed by atoms with E-state index in [1.165, 1.54) is 18.5 Å². The molecule has 1 aliphatic heterocycles. The highest BCUT2D eigenvalue weighted by Gasteiger charge is 2.32. The first-order valence-corrected chi connectivity index (χ1v) is 10.2. The lowest BCUT2D eigenvalue weighted by Crippen LogP contribution is -2.37. The summed E-state index contributed by atoms with van der Waals surface area (Å²) in [5, 5.41) is 4.76. The van der Waals surface area contributed by atoms with E-state index in [1.54, 1.807) is 11.2 Å². The Morgan fingerprint density at radius 1 is 1.35 bits per heavy atom. The van der Waals surface area contributed by atoms with Gasteiger partial charge in [-0.1, -0.05) is 0 Å². The molecule has 1 aromatic rings. The molecule has 0 bridgehead atoms. The summed E-state index contributed by atoms with van der Waals surface area (Å²) in [6, 6.07) is 0. The van der Waals surface area contributed by atoms with Gasteiger partial charge in [-0.25, -0.2) is 8.42 Å². The van der Waals surface area contributed by atoms with Crippen LogP contribution in [-0.4, -0.2) is 40.9 Å². The number of nitrogens with zero attached hydrogens (tertiary/aromatic N) is 3. The van der Waals surface area contributed by atoms with E-state index in [0.717, 1.165) is 30.1 Å². The molecule has 0 aromatic carbocycles. The number of hydrogen-bond acceptors (Lipinski definition) is 4. The zero-order chi connectivity index (χ0) is 16.6. The van der Waals surface area contributed by atoms with E-state index in [2.05, 4.69) is 4.68 Å². The molecule has 7 heteroatoms. The maximum Gasteiger partial charge on any atom is 0.214 e. The topological polar surface area (TPSA) is 64.4 Å². The van der Waals surface area contributed by atoms with E-state index < -0.39 is 10.0 Å². The predicted molar refractivity (Wildman–Crippen MR) is 88.5 cm³/mol. The molecular formula is C16H27N3O3S. The molecule has 0 saturated heterocycles. The minimum Gasteiger partial charge on any atom is -0.372 e. The molecule has 1 fully saturated rings. The van der Waals surface area contributed by atoms with E-state index >= 15 is 0 Å². The fraction of sp³-hybridized carbons (Fsp3) is 0.812. The van der Waals surface area contributed by atoms with Crippen LogP contribution in [0.25, 0.3) is 0 Å². The second-order valence-corrected chi connectivity index (χ2v) is 9.10. The number of sulfonamides is 1. The van der Waals surface area contributed by atoms with Crippen LogP contribution < -0.4 is 0 Å². The van der Waals surface area contributed by atoms with Gasteiger partial charge in [0.05, 0.1) is 24.2 Å². The monoisotopic (exact) mass is 341 g/mol. The van der Waals surface area contributed by atoms with Crippen LogP contribution in [-0.2, 0) is 40.9 Å². The molecular weight excluding hydrogens is 314 g/mol. The Balaban J connectivity index is 1.86. The number of ether oxygens (including phenoxy) is 1. The molecule has 1 aliphatic carbocycles. The summed E-state index contributed by atoms with van der Waals surface area (Å²) in [5.41, 5.74) is 3.18. The van der Waals surface area contributed by atoms with Crippen molar-refractivity contribution in [3.8, 4) is 0 Å². The first-order valence-electron chi connectivity index (χ1n) is 8.57. The molecule has 2 aliphatic rings. The van der Waals surface area contributed by atoms with Gasteiger partial charge in [-0.3, -0.25) is 4.68 Å². The Morgan fingerprint density at radius 2 is 2.09 bits per heavy atom. The number of hydrogen-bond donors (Lipinski definition) is 0. The molecule has 1 saturated carbocycles. The summed E-state index contributed by atoms with van der Waals surface area (Å²) >= 11 is 0. The number of rotatable bonds is 7. The average molecular weight is 341 g/mol. The van der Waals surface area contributed by atoms with Crippen LogP contribution in [0.5, 0.6) is 0 Å². The third kappa shape index (κ3) is 3.78. The van der Waals surface area contributed by atoms with Gasteiger partial charge >= 0.3 is 0 Å². The van der Waals surface area contributed by atoms with Gasteiger partial charge in [0, 0.05) is 37.3 Å². The molecule has 0 atom stereocenters. The Hall–Kier alpha value is -0.920. The van der Waals surface area contributed by atoms with Crippen LogP contribution in [0.1, 0.15) is 50.6 Å². The molecule has 0 amide bonds. The van der Waals surface area contributed by atoms with Crippen LogP contribution in [0, 0.1) is 5.92 Å². The minimum absolute atomic E-state index is 0.137. The first kappa shape index (κ1) is 16.9. The van der Waals surface area contributed by atoms with Gasteiger partial charge in [-0.2, -0.15) is 9.40 Å². The fourth-order valence-electron chi connectivity index (χ4n) is 3.01. The lowest BCUT2D eigenvalue weighted by molar-refractivity contribution is 0.0626. The zero-order valence-corrected chi connectivity index (χ0v) is 15.1. The van der Waals surface area contributed by atoms with Crippen molar-refractivity contribution < 1.29 is 13.2 Å². The summed E-state index contributed by atoms with van der Waals surface area (Å²) in [5.74, 6) is 0.895. The normalized spacial score (nSPS) is 19.3. The Morgan fingerprint density at radius 3 is 2.70 bits per heavy atom. The molecule has 0 unspecified atom stereocenters. The van der Waals surface area contributed by atoms with Crippen molar-refractivity contribution in [2.24, 2.45) is 5.92 Å². The number of aromatic nitrogens is 2. The standard InChI is InChI=1S/C16H27N3O3S/c1-4-23(20,21)18-8-7-16-14(10-18)15(11-22-12(2)3)17-19(16)9-13-5-6-13/h12-13H,4-11H2,1-3H3.